The van der Waals surface area contributed by atoms with Crippen molar-refractivity contribution in [1.29, 1.82) is 0 Å². The molecule has 6 heteroatoms. The Morgan fingerprint density at radius 1 is 0.875 bits per heavy atom. The molecule has 0 bridgehead atoms. The van der Waals surface area contributed by atoms with Gasteiger partial charge in [-0.25, -0.2) is 9.97 Å². The molecular formula is C18H15N5O. The van der Waals surface area contributed by atoms with E-state index in [2.05, 4.69) is 43.5 Å². The van der Waals surface area contributed by atoms with Crippen molar-refractivity contribution in [2.75, 3.05) is 5.32 Å². The molecule has 0 atom stereocenters. The molecule has 0 saturated heterocycles. The van der Waals surface area contributed by atoms with E-state index in [0.29, 0.717) is 17.6 Å². The molecule has 2 aromatic carbocycles. The van der Waals surface area contributed by atoms with Gasteiger partial charge in [-0.3, -0.25) is 15.1 Å². The average Bonchev–Trinajstić information content (AvgIpc) is 2.96. The molecule has 4 aromatic rings. The van der Waals surface area contributed by atoms with Crippen LogP contribution in [0.3, 0.4) is 0 Å². The van der Waals surface area contributed by atoms with Gasteiger partial charge in [0.05, 0.1) is 11.0 Å². The first-order valence-corrected chi connectivity index (χ1v) is 7.57. The Bertz CT molecular complexity index is 1070. The number of hydrogen-bond donors (Lipinski definition) is 3. The number of aromatic amines is 2. The van der Waals surface area contributed by atoms with Gasteiger partial charge >= 0.3 is 0 Å². The first-order chi connectivity index (χ1) is 11.7. The molecule has 3 N–H and O–H groups in total. The van der Waals surface area contributed by atoms with Gasteiger partial charge in [0, 0.05) is 11.8 Å². The quantitative estimate of drug-likeness (QED) is 0.541. The number of rotatable bonds is 3. The maximum absolute atomic E-state index is 11.5. The maximum Gasteiger partial charge on any atom is 0.252 e. The Labute approximate surface area is 137 Å². The Morgan fingerprint density at radius 3 is 2.46 bits per heavy atom. The van der Waals surface area contributed by atoms with Gasteiger partial charge in [-0.05, 0) is 30.2 Å². The third-order valence-electron chi connectivity index (χ3n) is 3.70. The first-order valence-electron chi connectivity index (χ1n) is 7.57. The Kier molecular flexibility index (Phi) is 3.35. The van der Waals surface area contributed by atoms with Crippen LogP contribution in [0.15, 0.2) is 59.4 Å². The summed E-state index contributed by atoms with van der Waals surface area (Å²) in [5.41, 5.74) is 4.45. The molecule has 0 aliphatic carbocycles. The Balaban J connectivity index is 1.69. The summed E-state index contributed by atoms with van der Waals surface area (Å²) in [5.74, 6) is 0.895. The lowest BCUT2D eigenvalue weighted by atomic mass is 10.1. The number of imidazole rings is 1. The standard InChI is InChI=1S/C18H15N5O/c1-11-9-16(24)22-17(19-11)23-18-20-14-8-7-13(10-15(14)21-18)12-5-3-2-4-6-12/h2-10H,1H3,(H3,19,20,21,22,23,24). The lowest BCUT2D eigenvalue weighted by Gasteiger charge is -2.01. The number of benzene rings is 2. The van der Waals surface area contributed by atoms with E-state index in [1.54, 1.807) is 6.92 Å². The first kappa shape index (κ1) is 14.2. The molecule has 24 heavy (non-hydrogen) atoms. The van der Waals surface area contributed by atoms with Crippen LogP contribution in [0, 0.1) is 6.92 Å². The van der Waals surface area contributed by atoms with Crippen molar-refractivity contribution in [2.45, 2.75) is 6.92 Å². The molecule has 2 heterocycles. The second kappa shape index (κ2) is 5.66. The van der Waals surface area contributed by atoms with E-state index in [0.717, 1.165) is 22.2 Å². The predicted octanol–water partition coefficient (Wildman–Crippen LogP) is 3.37. The van der Waals surface area contributed by atoms with Crippen LogP contribution in [0.4, 0.5) is 11.9 Å². The fourth-order valence-electron chi connectivity index (χ4n) is 2.63. The van der Waals surface area contributed by atoms with Gasteiger partial charge in [-0.1, -0.05) is 36.4 Å². The molecule has 118 valence electrons. The SMILES string of the molecule is Cc1cc(=O)[nH]c(Nc2nc3ccc(-c4ccccc4)cc3[nH]2)n1. The fraction of sp³-hybridized carbons (Fsp3) is 0.0556. The maximum atomic E-state index is 11.5. The summed E-state index contributed by atoms with van der Waals surface area (Å²) in [7, 11) is 0. The minimum Gasteiger partial charge on any atom is -0.324 e. The third-order valence-corrected chi connectivity index (χ3v) is 3.70. The summed E-state index contributed by atoms with van der Waals surface area (Å²) >= 11 is 0. The highest BCUT2D eigenvalue weighted by Gasteiger charge is 2.06. The summed E-state index contributed by atoms with van der Waals surface area (Å²) in [6, 6.07) is 17.6. The van der Waals surface area contributed by atoms with Crippen molar-refractivity contribution < 1.29 is 0 Å². The molecule has 0 radical (unpaired) electrons. The van der Waals surface area contributed by atoms with Gasteiger partial charge in [-0.2, -0.15) is 0 Å². The summed E-state index contributed by atoms with van der Waals surface area (Å²) in [6.07, 6.45) is 0. The van der Waals surface area contributed by atoms with Gasteiger partial charge in [0.15, 0.2) is 0 Å². The number of anilines is 2. The van der Waals surface area contributed by atoms with Gasteiger partial charge in [0.1, 0.15) is 0 Å². The lowest BCUT2D eigenvalue weighted by molar-refractivity contribution is 1.06. The lowest BCUT2D eigenvalue weighted by Crippen LogP contribution is -2.10. The number of hydrogen-bond acceptors (Lipinski definition) is 4. The van der Waals surface area contributed by atoms with E-state index in [1.807, 2.05) is 30.3 Å². The van der Waals surface area contributed by atoms with Gasteiger partial charge < -0.3 is 4.98 Å². The molecule has 6 nitrogen and oxygen atoms in total. The van der Waals surface area contributed by atoms with Crippen molar-refractivity contribution in [1.82, 2.24) is 19.9 Å². The summed E-state index contributed by atoms with van der Waals surface area (Å²) in [6.45, 7) is 1.77. The minimum absolute atomic E-state index is 0.201. The van der Waals surface area contributed by atoms with Crippen molar-refractivity contribution in [3.8, 4) is 11.1 Å². The second-order valence-electron chi connectivity index (χ2n) is 5.54. The van der Waals surface area contributed by atoms with E-state index in [9.17, 15) is 4.79 Å². The van der Waals surface area contributed by atoms with Crippen LogP contribution < -0.4 is 10.9 Å². The van der Waals surface area contributed by atoms with Crippen LogP contribution in [-0.2, 0) is 0 Å². The van der Waals surface area contributed by atoms with Gasteiger partial charge in [-0.15, -0.1) is 0 Å². The van der Waals surface area contributed by atoms with Gasteiger partial charge in [0.2, 0.25) is 11.9 Å². The highest BCUT2D eigenvalue weighted by Crippen LogP contribution is 2.24. The monoisotopic (exact) mass is 317 g/mol. The topological polar surface area (TPSA) is 86.5 Å². The van der Waals surface area contributed by atoms with Crippen LogP contribution >= 0.6 is 0 Å². The van der Waals surface area contributed by atoms with E-state index < -0.39 is 0 Å². The smallest absolute Gasteiger partial charge is 0.252 e. The van der Waals surface area contributed by atoms with Crippen LogP contribution in [-0.4, -0.2) is 19.9 Å². The van der Waals surface area contributed by atoms with Crippen molar-refractivity contribution in [2.24, 2.45) is 0 Å². The number of fused-ring (bicyclic) bond motifs is 1. The molecule has 0 aliphatic rings. The second-order valence-corrected chi connectivity index (χ2v) is 5.54. The van der Waals surface area contributed by atoms with Crippen LogP contribution in [0.1, 0.15) is 5.69 Å². The molecule has 0 fully saturated rings. The average molecular weight is 317 g/mol. The number of aromatic nitrogens is 4. The third kappa shape index (κ3) is 2.77. The fourth-order valence-corrected chi connectivity index (χ4v) is 2.63. The molecular weight excluding hydrogens is 302 g/mol. The van der Waals surface area contributed by atoms with Crippen LogP contribution in [0.2, 0.25) is 0 Å². The van der Waals surface area contributed by atoms with E-state index >= 15 is 0 Å². The molecule has 4 rings (SSSR count). The zero-order valence-corrected chi connectivity index (χ0v) is 13.0. The summed E-state index contributed by atoms with van der Waals surface area (Å²) in [5, 5.41) is 3.00. The van der Waals surface area contributed by atoms with Crippen LogP contribution in [0.5, 0.6) is 0 Å². The van der Waals surface area contributed by atoms with Crippen molar-refractivity contribution in [3.05, 3.63) is 70.6 Å². The molecule has 0 amide bonds. The molecule has 0 saturated carbocycles. The van der Waals surface area contributed by atoms with Crippen molar-refractivity contribution >= 4 is 22.9 Å². The molecule has 2 aromatic heterocycles. The largest absolute Gasteiger partial charge is 0.324 e. The highest BCUT2D eigenvalue weighted by molar-refractivity contribution is 5.83. The molecule has 0 aliphatic heterocycles. The Hall–Kier alpha value is -3.41. The zero-order valence-electron chi connectivity index (χ0n) is 13.0. The summed E-state index contributed by atoms with van der Waals surface area (Å²) < 4.78 is 0. The van der Waals surface area contributed by atoms with E-state index in [1.165, 1.54) is 6.07 Å². The number of nitrogens with one attached hydrogen (secondary N) is 3. The number of aryl methyl sites for hydroxylation is 1. The molecule has 0 unspecified atom stereocenters. The Morgan fingerprint density at radius 2 is 1.67 bits per heavy atom. The number of nitrogens with zero attached hydrogens (tertiary/aromatic N) is 2. The zero-order chi connectivity index (χ0) is 16.5. The van der Waals surface area contributed by atoms with E-state index in [4.69, 9.17) is 0 Å². The normalized spacial score (nSPS) is 10.9. The summed E-state index contributed by atoms with van der Waals surface area (Å²) in [4.78, 5) is 26.1. The van der Waals surface area contributed by atoms with Gasteiger partial charge in [0.25, 0.3) is 5.56 Å². The van der Waals surface area contributed by atoms with Crippen molar-refractivity contribution in [3.63, 3.8) is 0 Å². The number of H-pyrrole nitrogens is 2. The minimum atomic E-state index is -0.201. The predicted molar refractivity (Wildman–Crippen MR) is 94.4 cm³/mol. The highest BCUT2D eigenvalue weighted by atomic mass is 16.1. The molecule has 0 spiro atoms. The van der Waals surface area contributed by atoms with E-state index in [-0.39, 0.29) is 5.56 Å². The van der Waals surface area contributed by atoms with Crippen LogP contribution in [0.25, 0.3) is 22.2 Å².